The first-order valence-electron chi connectivity index (χ1n) is 7.31. The van der Waals surface area contributed by atoms with Crippen LogP contribution in [0.5, 0.6) is 0 Å². The van der Waals surface area contributed by atoms with Crippen LogP contribution < -0.4 is 11.1 Å². The molecule has 0 aliphatic heterocycles. The van der Waals surface area contributed by atoms with Gasteiger partial charge in [0, 0.05) is 10.9 Å². The number of nitrogens with two attached hydrogens (primary N) is 1. The smallest absolute Gasteiger partial charge is 0.307 e. The molecule has 0 bridgehead atoms. The van der Waals surface area contributed by atoms with Gasteiger partial charge in [-0.15, -0.1) is 11.3 Å². The third kappa shape index (κ3) is 4.04. The molecule has 5 heteroatoms. The van der Waals surface area contributed by atoms with Gasteiger partial charge in [-0.1, -0.05) is 18.9 Å². The van der Waals surface area contributed by atoms with Crippen LogP contribution in [0.25, 0.3) is 0 Å². The average Bonchev–Trinajstić information content (AvgIpc) is 3.01. The first-order valence-corrected chi connectivity index (χ1v) is 8.19. The minimum Gasteiger partial charge on any atom is -0.469 e. The van der Waals surface area contributed by atoms with Crippen molar-refractivity contribution in [3.63, 3.8) is 0 Å². The summed E-state index contributed by atoms with van der Waals surface area (Å²) in [5, 5.41) is 5.70. The molecule has 3 N–H and O–H groups in total. The van der Waals surface area contributed by atoms with Crippen LogP contribution in [0.2, 0.25) is 0 Å². The van der Waals surface area contributed by atoms with E-state index in [1.165, 1.54) is 31.2 Å². The van der Waals surface area contributed by atoms with E-state index in [2.05, 4.69) is 11.4 Å². The van der Waals surface area contributed by atoms with Crippen LogP contribution in [-0.2, 0) is 9.53 Å². The summed E-state index contributed by atoms with van der Waals surface area (Å²) in [6.45, 7) is 0.715. The molecule has 1 aliphatic carbocycles. The van der Waals surface area contributed by atoms with E-state index >= 15 is 0 Å². The Hall–Kier alpha value is -0.910. The molecule has 1 saturated carbocycles. The molecule has 0 saturated heterocycles. The lowest BCUT2D eigenvalue weighted by molar-refractivity contribution is -0.141. The highest BCUT2D eigenvalue weighted by molar-refractivity contribution is 7.10. The maximum Gasteiger partial charge on any atom is 0.307 e. The molecule has 0 amide bonds. The van der Waals surface area contributed by atoms with Crippen LogP contribution in [0.15, 0.2) is 17.5 Å². The Labute approximate surface area is 124 Å². The van der Waals surface area contributed by atoms with Crippen LogP contribution in [0.1, 0.15) is 43.0 Å². The molecule has 4 nitrogen and oxygen atoms in total. The lowest BCUT2D eigenvalue weighted by Gasteiger charge is -2.34. The standard InChI is InChI=1S/C15H24N2O2S/c1-19-15(18)9-13(14-7-4-8-20-14)17-12-6-3-2-5-11(12)10-16/h4,7-8,11-13,17H,2-3,5-6,9-10,16H2,1H3. The molecule has 112 valence electrons. The van der Waals surface area contributed by atoms with Gasteiger partial charge in [0.25, 0.3) is 0 Å². The molecule has 20 heavy (non-hydrogen) atoms. The first-order chi connectivity index (χ1) is 9.74. The second kappa shape index (κ2) is 7.76. The molecule has 3 unspecified atom stereocenters. The molecule has 1 fully saturated rings. The first kappa shape index (κ1) is 15.5. The van der Waals surface area contributed by atoms with E-state index in [1.807, 2.05) is 11.4 Å². The zero-order valence-electron chi connectivity index (χ0n) is 12.0. The van der Waals surface area contributed by atoms with Crippen LogP contribution in [0.3, 0.4) is 0 Å². The number of carbonyl (C=O) groups excluding carboxylic acids is 1. The summed E-state index contributed by atoms with van der Waals surface area (Å²) in [6, 6.07) is 4.55. The van der Waals surface area contributed by atoms with Crippen molar-refractivity contribution < 1.29 is 9.53 Å². The Morgan fingerprint density at radius 2 is 2.35 bits per heavy atom. The summed E-state index contributed by atoms with van der Waals surface area (Å²) in [6.07, 6.45) is 5.21. The third-order valence-electron chi connectivity index (χ3n) is 4.11. The van der Waals surface area contributed by atoms with Crippen LogP contribution in [0, 0.1) is 5.92 Å². The zero-order chi connectivity index (χ0) is 14.4. The second-order valence-corrected chi connectivity index (χ2v) is 6.38. The molecule has 1 aliphatic rings. The van der Waals surface area contributed by atoms with Crippen molar-refractivity contribution in [2.75, 3.05) is 13.7 Å². The number of hydrogen-bond acceptors (Lipinski definition) is 5. The third-order valence-corrected chi connectivity index (χ3v) is 5.10. The van der Waals surface area contributed by atoms with Crippen molar-refractivity contribution in [2.24, 2.45) is 11.7 Å². The number of rotatable bonds is 6. The highest BCUT2D eigenvalue weighted by Crippen LogP contribution is 2.29. The lowest BCUT2D eigenvalue weighted by Crippen LogP contribution is -2.43. The van der Waals surface area contributed by atoms with Crippen molar-refractivity contribution in [1.82, 2.24) is 5.32 Å². The fourth-order valence-corrected chi connectivity index (χ4v) is 3.74. The van der Waals surface area contributed by atoms with Crippen molar-refractivity contribution >= 4 is 17.3 Å². The molecule has 0 aromatic carbocycles. The van der Waals surface area contributed by atoms with Gasteiger partial charge in [-0.05, 0) is 36.8 Å². The van der Waals surface area contributed by atoms with Crippen LogP contribution in [-0.4, -0.2) is 25.7 Å². The number of esters is 1. The number of hydrogen-bond donors (Lipinski definition) is 2. The predicted octanol–water partition coefficient (Wildman–Crippen LogP) is 2.46. The Bertz CT molecular complexity index is 408. The quantitative estimate of drug-likeness (QED) is 0.792. The average molecular weight is 296 g/mol. The van der Waals surface area contributed by atoms with Crippen molar-refractivity contribution in [2.45, 2.75) is 44.2 Å². The minimum atomic E-state index is -0.170. The molecule has 0 spiro atoms. The topological polar surface area (TPSA) is 64.3 Å². The summed E-state index contributed by atoms with van der Waals surface area (Å²) in [5.41, 5.74) is 5.89. The maximum absolute atomic E-state index is 11.6. The van der Waals surface area contributed by atoms with E-state index in [9.17, 15) is 4.79 Å². The summed E-state index contributed by atoms with van der Waals surface area (Å²) >= 11 is 1.68. The van der Waals surface area contributed by atoms with Gasteiger partial charge >= 0.3 is 5.97 Å². The second-order valence-electron chi connectivity index (χ2n) is 5.40. The van der Waals surface area contributed by atoms with E-state index in [4.69, 9.17) is 10.5 Å². The van der Waals surface area contributed by atoms with Gasteiger partial charge in [-0.2, -0.15) is 0 Å². The van der Waals surface area contributed by atoms with Crippen molar-refractivity contribution in [1.29, 1.82) is 0 Å². The Balaban J connectivity index is 2.04. The SMILES string of the molecule is COC(=O)CC(NC1CCCCC1CN)c1cccs1. The summed E-state index contributed by atoms with van der Waals surface area (Å²) in [7, 11) is 1.44. The zero-order valence-corrected chi connectivity index (χ0v) is 12.8. The highest BCUT2D eigenvalue weighted by Gasteiger charge is 2.28. The summed E-state index contributed by atoms with van der Waals surface area (Å²) < 4.78 is 4.82. The predicted molar refractivity (Wildman–Crippen MR) is 81.6 cm³/mol. The van der Waals surface area contributed by atoms with Gasteiger partial charge < -0.3 is 15.8 Å². The Morgan fingerprint density at radius 3 is 3.00 bits per heavy atom. The molecule has 2 rings (SSSR count). The van der Waals surface area contributed by atoms with E-state index in [-0.39, 0.29) is 12.0 Å². The van der Waals surface area contributed by atoms with Gasteiger partial charge in [0.15, 0.2) is 0 Å². The molecular weight excluding hydrogens is 272 g/mol. The van der Waals surface area contributed by atoms with Crippen molar-refractivity contribution in [3.05, 3.63) is 22.4 Å². The van der Waals surface area contributed by atoms with Gasteiger partial charge in [-0.3, -0.25) is 4.79 Å². The van der Waals surface area contributed by atoms with E-state index < -0.39 is 0 Å². The fraction of sp³-hybridized carbons (Fsp3) is 0.667. The van der Waals surface area contributed by atoms with Crippen molar-refractivity contribution in [3.8, 4) is 0 Å². The van der Waals surface area contributed by atoms with Gasteiger partial charge in [0.05, 0.1) is 19.6 Å². The van der Waals surface area contributed by atoms with E-state index in [0.717, 1.165) is 6.42 Å². The molecule has 3 atom stereocenters. The number of carbonyl (C=O) groups is 1. The number of nitrogens with one attached hydrogen (secondary N) is 1. The largest absolute Gasteiger partial charge is 0.469 e. The summed E-state index contributed by atoms with van der Waals surface area (Å²) in [5.74, 6) is 0.347. The van der Waals surface area contributed by atoms with Gasteiger partial charge in [-0.25, -0.2) is 0 Å². The van der Waals surface area contributed by atoms with E-state index in [1.54, 1.807) is 11.3 Å². The Kier molecular flexibility index (Phi) is 6.01. The molecule has 0 radical (unpaired) electrons. The molecule has 1 heterocycles. The monoisotopic (exact) mass is 296 g/mol. The van der Waals surface area contributed by atoms with Gasteiger partial charge in [0.1, 0.15) is 0 Å². The van der Waals surface area contributed by atoms with E-state index in [0.29, 0.717) is 24.9 Å². The van der Waals surface area contributed by atoms with Crippen LogP contribution >= 0.6 is 11.3 Å². The minimum absolute atomic E-state index is 0.0413. The molecular formula is C15H24N2O2S. The fourth-order valence-electron chi connectivity index (χ4n) is 2.95. The lowest BCUT2D eigenvalue weighted by atomic mass is 9.84. The maximum atomic E-state index is 11.6. The Morgan fingerprint density at radius 1 is 1.55 bits per heavy atom. The number of ether oxygens (including phenoxy) is 1. The molecule has 1 aromatic rings. The van der Waals surface area contributed by atoms with Crippen LogP contribution in [0.4, 0.5) is 0 Å². The number of thiophene rings is 1. The normalized spacial score (nSPS) is 24.3. The summed E-state index contributed by atoms with van der Waals surface area (Å²) in [4.78, 5) is 12.8. The van der Waals surface area contributed by atoms with Gasteiger partial charge in [0.2, 0.25) is 0 Å². The molecule has 1 aromatic heterocycles. The number of methoxy groups -OCH3 is 1. The highest BCUT2D eigenvalue weighted by atomic mass is 32.1.